The molecule has 2 N–H and O–H groups in total. The highest BCUT2D eigenvalue weighted by molar-refractivity contribution is 5.76. The molecule has 2 rings (SSSR count). The standard InChI is InChI=1S/C17H25NO3/c1-18(15-9-6-13(12-19)7-10-15)17(21)11-8-14-4-2-3-5-16(14)20/h2-5,13,15,19-20H,6-12H2,1H3. The largest absolute Gasteiger partial charge is 0.508 e. The summed E-state index contributed by atoms with van der Waals surface area (Å²) in [5.74, 6) is 0.799. The van der Waals surface area contributed by atoms with E-state index in [-0.39, 0.29) is 18.3 Å². The Morgan fingerprint density at radius 3 is 2.52 bits per heavy atom. The Kier molecular flexibility index (Phi) is 5.62. The van der Waals surface area contributed by atoms with Crippen LogP contribution in [0, 0.1) is 5.92 Å². The van der Waals surface area contributed by atoms with E-state index >= 15 is 0 Å². The monoisotopic (exact) mass is 291 g/mol. The van der Waals surface area contributed by atoms with Crippen molar-refractivity contribution in [3.05, 3.63) is 29.8 Å². The number of nitrogens with zero attached hydrogens (tertiary/aromatic N) is 1. The molecule has 0 atom stereocenters. The van der Waals surface area contributed by atoms with Gasteiger partial charge in [0, 0.05) is 26.1 Å². The molecule has 0 heterocycles. The van der Waals surface area contributed by atoms with E-state index in [4.69, 9.17) is 5.11 Å². The molecular formula is C17H25NO3. The number of para-hydroxylation sites is 1. The number of carbonyl (C=O) groups is 1. The van der Waals surface area contributed by atoms with Gasteiger partial charge in [-0.15, -0.1) is 0 Å². The summed E-state index contributed by atoms with van der Waals surface area (Å²) >= 11 is 0. The fourth-order valence-electron chi connectivity index (χ4n) is 3.06. The maximum atomic E-state index is 12.3. The van der Waals surface area contributed by atoms with Crippen LogP contribution in [0.25, 0.3) is 0 Å². The molecule has 0 saturated heterocycles. The molecule has 4 nitrogen and oxygen atoms in total. The van der Waals surface area contributed by atoms with E-state index in [2.05, 4.69) is 0 Å². The average molecular weight is 291 g/mol. The van der Waals surface area contributed by atoms with Gasteiger partial charge >= 0.3 is 0 Å². The van der Waals surface area contributed by atoms with Crippen molar-refractivity contribution in [3.8, 4) is 5.75 Å². The van der Waals surface area contributed by atoms with Crippen LogP contribution in [0.5, 0.6) is 5.75 Å². The van der Waals surface area contributed by atoms with Crippen LogP contribution >= 0.6 is 0 Å². The van der Waals surface area contributed by atoms with Gasteiger partial charge in [0.05, 0.1) is 0 Å². The lowest BCUT2D eigenvalue weighted by molar-refractivity contribution is -0.132. The Hall–Kier alpha value is -1.55. The molecule has 1 fully saturated rings. The van der Waals surface area contributed by atoms with Gasteiger partial charge < -0.3 is 15.1 Å². The van der Waals surface area contributed by atoms with Crippen molar-refractivity contribution in [2.45, 2.75) is 44.6 Å². The average Bonchev–Trinajstić information content (AvgIpc) is 2.53. The number of phenolic OH excluding ortho intramolecular Hbond substituents is 1. The second kappa shape index (κ2) is 7.46. The van der Waals surface area contributed by atoms with Crippen molar-refractivity contribution >= 4 is 5.91 Å². The topological polar surface area (TPSA) is 60.8 Å². The molecule has 1 saturated carbocycles. The Labute approximate surface area is 126 Å². The molecule has 0 unspecified atom stereocenters. The van der Waals surface area contributed by atoms with E-state index < -0.39 is 0 Å². The first kappa shape index (κ1) is 15.8. The predicted molar refractivity (Wildman–Crippen MR) is 82.0 cm³/mol. The van der Waals surface area contributed by atoms with Gasteiger partial charge in [-0.1, -0.05) is 18.2 Å². The molecule has 21 heavy (non-hydrogen) atoms. The van der Waals surface area contributed by atoms with Crippen molar-refractivity contribution in [1.82, 2.24) is 4.90 Å². The highest BCUT2D eigenvalue weighted by Gasteiger charge is 2.25. The summed E-state index contributed by atoms with van der Waals surface area (Å²) in [6, 6.07) is 7.46. The summed E-state index contributed by atoms with van der Waals surface area (Å²) in [4.78, 5) is 14.1. The molecule has 116 valence electrons. The van der Waals surface area contributed by atoms with E-state index in [9.17, 15) is 9.90 Å². The van der Waals surface area contributed by atoms with Gasteiger partial charge in [0.1, 0.15) is 5.75 Å². The van der Waals surface area contributed by atoms with E-state index in [1.165, 1.54) is 0 Å². The number of aliphatic hydroxyl groups is 1. The Balaban J connectivity index is 1.82. The Morgan fingerprint density at radius 1 is 1.24 bits per heavy atom. The third kappa shape index (κ3) is 4.21. The molecule has 1 aromatic rings. The maximum absolute atomic E-state index is 12.3. The van der Waals surface area contributed by atoms with Gasteiger partial charge in [-0.05, 0) is 49.7 Å². The Morgan fingerprint density at radius 2 is 1.90 bits per heavy atom. The van der Waals surface area contributed by atoms with E-state index in [0.717, 1.165) is 31.2 Å². The number of hydrogen-bond acceptors (Lipinski definition) is 3. The number of phenols is 1. The minimum Gasteiger partial charge on any atom is -0.508 e. The van der Waals surface area contributed by atoms with Crippen LogP contribution in [-0.4, -0.2) is 40.7 Å². The van der Waals surface area contributed by atoms with Gasteiger partial charge in [0.25, 0.3) is 0 Å². The van der Waals surface area contributed by atoms with Crippen molar-refractivity contribution in [2.75, 3.05) is 13.7 Å². The molecule has 1 aliphatic rings. The lowest BCUT2D eigenvalue weighted by Crippen LogP contribution is -2.39. The summed E-state index contributed by atoms with van der Waals surface area (Å²) in [5.41, 5.74) is 0.822. The first-order chi connectivity index (χ1) is 10.1. The number of aryl methyl sites for hydroxylation is 1. The van der Waals surface area contributed by atoms with Crippen molar-refractivity contribution < 1.29 is 15.0 Å². The number of amides is 1. The molecule has 0 aromatic heterocycles. The predicted octanol–water partition coefficient (Wildman–Crippen LogP) is 2.33. The zero-order chi connectivity index (χ0) is 15.2. The molecule has 0 aliphatic heterocycles. The molecule has 4 heteroatoms. The maximum Gasteiger partial charge on any atom is 0.222 e. The van der Waals surface area contributed by atoms with Gasteiger partial charge in [0.15, 0.2) is 0 Å². The second-order valence-electron chi connectivity index (χ2n) is 5.99. The first-order valence-corrected chi connectivity index (χ1v) is 7.75. The minimum atomic E-state index is 0.130. The van der Waals surface area contributed by atoms with Gasteiger partial charge in [-0.2, -0.15) is 0 Å². The van der Waals surface area contributed by atoms with Crippen LogP contribution in [0.3, 0.4) is 0 Å². The number of hydrogen-bond donors (Lipinski definition) is 2. The summed E-state index contributed by atoms with van der Waals surface area (Å²) in [6.07, 6.45) is 4.94. The molecule has 1 aromatic carbocycles. The zero-order valence-corrected chi connectivity index (χ0v) is 12.7. The van der Waals surface area contributed by atoms with E-state index in [0.29, 0.717) is 24.8 Å². The normalized spacial score (nSPS) is 22.0. The van der Waals surface area contributed by atoms with E-state index in [1.54, 1.807) is 12.1 Å². The number of benzene rings is 1. The number of aromatic hydroxyl groups is 1. The zero-order valence-electron chi connectivity index (χ0n) is 12.7. The van der Waals surface area contributed by atoms with Crippen LogP contribution in [0.2, 0.25) is 0 Å². The van der Waals surface area contributed by atoms with Crippen LogP contribution in [0.15, 0.2) is 24.3 Å². The number of aliphatic hydroxyl groups excluding tert-OH is 1. The fourth-order valence-corrected chi connectivity index (χ4v) is 3.06. The molecule has 1 amide bonds. The highest BCUT2D eigenvalue weighted by Crippen LogP contribution is 2.27. The summed E-state index contributed by atoms with van der Waals surface area (Å²) in [6.45, 7) is 0.262. The SMILES string of the molecule is CN(C(=O)CCc1ccccc1O)C1CCC(CO)CC1. The first-order valence-electron chi connectivity index (χ1n) is 7.75. The van der Waals surface area contributed by atoms with Crippen molar-refractivity contribution in [2.24, 2.45) is 5.92 Å². The molecule has 0 bridgehead atoms. The summed E-state index contributed by atoms with van der Waals surface area (Å²) < 4.78 is 0. The molecular weight excluding hydrogens is 266 g/mol. The van der Waals surface area contributed by atoms with Crippen molar-refractivity contribution in [3.63, 3.8) is 0 Å². The third-order valence-corrected chi connectivity index (χ3v) is 4.62. The van der Waals surface area contributed by atoms with Gasteiger partial charge in [0.2, 0.25) is 5.91 Å². The molecule has 0 radical (unpaired) electrons. The quantitative estimate of drug-likeness (QED) is 0.875. The second-order valence-corrected chi connectivity index (χ2v) is 5.99. The van der Waals surface area contributed by atoms with Crippen LogP contribution in [0.4, 0.5) is 0 Å². The number of carbonyl (C=O) groups excluding carboxylic acids is 1. The van der Waals surface area contributed by atoms with Crippen LogP contribution < -0.4 is 0 Å². The third-order valence-electron chi connectivity index (χ3n) is 4.62. The fraction of sp³-hybridized carbons (Fsp3) is 0.588. The molecule has 0 spiro atoms. The molecule has 1 aliphatic carbocycles. The van der Waals surface area contributed by atoms with Gasteiger partial charge in [-0.25, -0.2) is 0 Å². The summed E-state index contributed by atoms with van der Waals surface area (Å²) in [7, 11) is 1.87. The highest BCUT2D eigenvalue weighted by atomic mass is 16.3. The van der Waals surface area contributed by atoms with Gasteiger partial charge in [-0.3, -0.25) is 4.79 Å². The minimum absolute atomic E-state index is 0.130. The number of rotatable bonds is 5. The summed E-state index contributed by atoms with van der Waals surface area (Å²) in [5, 5.41) is 18.9. The smallest absolute Gasteiger partial charge is 0.222 e. The lowest BCUT2D eigenvalue weighted by atomic mass is 9.86. The van der Waals surface area contributed by atoms with Crippen molar-refractivity contribution in [1.29, 1.82) is 0 Å². The van der Waals surface area contributed by atoms with Crippen LogP contribution in [-0.2, 0) is 11.2 Å². The van der Waals surface area contributed by atoms with Crippen LogP contribution in [0.1, 0.15) is 37.7 Å². The lowest BCUT2D eigenvalue weighted by Gasteiger charge is -2.34. The Bertz CT molecular complexity index is 467. The van der Waals surface area contributed by atoms with E-state index in [1.807, 2.05) is 24.1 Å².